The molecule has 2 fully saturated rings. The fourth-order valence-corrected chi connectivity index (χ4v) is 5.26. The zero-order valence-corrected chi connectivity index (χ0v) is 16.7. The summed E-state index contributed by atoms with van der Waals surface area (Å²) < 4.78 is 4.77. The average Bonchev–Trinajstić information content (AvgIpc) is 3.42. The van der Waals surface area contributed by atoms with Gasteiger partial charge in [-0.3, -0.25) is 9.59 Å². The summed E-state index contributed by atoms with van der Waals surface area (Å²) in [5, 5.41) is 0. The molecular weight excluding hydrogens is 378 g/mol. The summed E-state index contributed by atoms with van der Waals surface area (Å²) in [6, 6.07) is 16.6. The normalized spacial score (nSPS) is 26.3. The maximum absolute atomic E-state index is 13.4. The highest BCUT2D eigenvalue weighted by atomic mass is 16.5. The van der Waals surface area contributed by atoms with Crippen molar-refractivity contribution in [1.82, 2.24) is 0 Å². The van der Waals surface area contributed by atoms with Gasteiger partial charge in [0, 0.05) is 11.8 Å². The van der Waals surface area contributed by atoms with Crippen LogP contribution >= 0.6 is 0 Å². The Labute approximate surface area is 174 Å². The van der Waals surface area contributed by atoms with E-state index < -0.39 is 5.97 Å². The third-order valence-electron chi connectivity index (χ3n) is 6.58. The van der Waals surface area contributed by atoms with Gasteiger partial charge in [-0.25, -0.2) is 9.69 Å². The average molecular weight is 399 g/mol. The van der Waals surface area contributed by atoms with Gasteiger partial charge in [0.05, 0.1) is 30.2 Å². The molecule has 1 saturated carbocycles. The number of benzene rings is 2. The molecule has 0 radical (unpaired) electrons. The van der Waals surface area contributed by atoms with E-state index in [1.165, 1.54) is 17.6 Å². The minimum absolute atomic E-state index is 0.0644. The van der Waals surface area contributed by atoms with E-state index in [-0.39, 0.29) is 35.5 Å². The van der Waals surface area contributed by atoms with Crippen molar-refractivity contribution in [2.45, 2.75) is 6.92 Å². The summed E-state index contributed by atoms with van der Waals surface area (Å²) >= 11 is 0. The van der Waals surface area contributed by atoms with Crippen LogP contribution in [0.5, 0.6) is 0 Å². The molecule has 0 N–H and O–H groups in total. The van der Waals surface area contributed by atoms with Crippen LogP contribution in [0.1, 0.15) is 22.8 Å². The van der Waals surface area contributed by atoms with Crippen LogP contribution in [0.15, 0.2) is 72.3 Å². The smallest absolute Gasteiger partial charge is 0.337 e. The van der Waals surface area contributed by atoms with Crippen LogP contribution in [0.25, 0.3) is 5.57 Å². The zero-order chi connectivity index (χ0) is 21.0. The first-order valence-electron chi connectivity index (χ1n) is 10.0. The van der Waals surface area contributed by atoms with E-state index in [0.29, 0.717) is 11.3 Å². The quantitative estimate of drug-likeness (QED) is 0.447. The molecule has 5 nitrogen and oxygen atoms in total. The predicted molar refractivity (Wildman–Crippen MR) is 112 cm³/mol. The first kappa shape index (κ1) is 18.6. The Bertz CT molecular complexity index is 1100. The number of carbonyl (C=O) groups excluding carboxylic acids is 3. The van der Waals surface area contributed by atoms with Crippen LogP contribution in [0, 0.1) is 23.7 Å². The fourth-order valence-electron chi connectivity index (χ4n) is 5.26. The highest BCUT2D eigenvalue weighted by Crippen LogP contribution is 2.58. The Hall–Kier alpha value is -3.47. The molecule has 2 aromatic rings. The number of rotatable bonds is 3. The Kier molecular flexibility index (Phi) is 4.21. The van der Waals surface area contributed by atoms with Gasteiger partial charge in [-0.2, -0.15) is 0 Å². The minimum Gasteiger partial charge on any atom is -0.465 e. The maximum Gasteiger partial charge on any atom is 0.337 e. The number of anilines is 1. The number of methoxy groups -OCH3 is 1. The number of hydrogen-bond acceptors (Lipinski definition) is 4. The van der Waals surface area contributed by atoms with Crippen molar-refractivity contribution in [2.75, 3.05) is 12.0 Å². The maximum atomic E-state index is 13.4. The van der Waals surface area contributed by atoms with Gasteiger partial charge in [-0.05, 0) is 36.3 Å². The second kappa shape index (κ2) is 6.80. The minimum atomic E-state index is -0.499. The zero-order valence-electron chi connectivity index (χ0n) is 16.7. The Balaban J connectivity index is 1.52. The number of carbonyl (C=O) groups is 3. The van der Waals surface area contributed by atoms with Crippen LogP contribution < -0.4 is 4.90 Å². The van der Waals surface area contributed by atoms with Crippen molar-refractivity contribution in [3.63, 3.8) is 0 Å². The SMILES string of the molecule is COC(=O)c1cccc(N2C(=O)[C@@H]3[C@@H](C2=O)[C@H]2C=C[C@H]3C2=C(C)c2ccccc2)c1. The van der Waals surface area contributed by atoms with Gasteiger partial charge in [0.25, 0.3) is 0 Å². The van der Waals surface area contributed by atoms with Gasteiger partial charge >= 0.3 is 5.97 Å². The summed E-state index contributed by atoms with van der Waals surface area (Å²) in [6.45, 7) is 2.07. The Morgan fingerprint density at radius 3 is 2.07 bits per heavy atom. The molecule has 2 aliphatic carbocycles. The van der Waals surface area contributed by atoms with Crippen molar-refractivity contribution < 1.29 is 19.1 Å². The number of esters is 1. The molecule has 1 saturated heterocycles. The monoisotopic (exact) mass is 399 g/mol. The number of fused-ring (bicyclic) bond motifs is 5. The van der Waals surface area contributed by atoms with E-state index in [1.54, 1.807) is 24.3 Å². The molecular formula is C25H21NO4. The van der Waals surface area contributed by atoms with Crippen LogP contribution in [0.2, 0.25) is 0 Å². The van der Waals surface area contributed by atoms with E-state index in [1.807, 2.05) is 18.2 Å². The summed E-state index contributed by atoms with van der Waals surface area (Å²) in [7, 11) is 1.30. The first-order chi connectivity index (χ1) is 14.5. The van der Waals surface area contributed by atoms with E-state index in [2.05, 4.69) is 31.2 Å². The van der Waals surface area contributed by atoms with Gasteiger partial charge in [0.1, 0.15) is 0 Å². The predicted octanol–water partition coefficient (Wildman–Crippen LogP) is 3.87. The molecule has 5 rings (SSSR count). The molecule has 150 valence electrons. The highest BCUT2D eigenvalue weighted by molar-refractivity contribution is 6.23. The van der Waals surface area contributed by atoms with Crippen LogP contribution in [0.3, 0.4) is 0 Å². The fraction of sp³-hybridized carbons (Fsp3) is 0.240. The van der Waals surface area contributed by atoms with Crippen molar-refractivity contribution >= 4 is 29.0 Å². The number of imide groups is 1. The lowest BCUT2D eigenvalue weighted by Crippen LogP contribution is -2.33. The second-order valence-corrected chi connectivity index (χ2v) is 7.99. The first-order valence-corrected chi connectivity index (χ1v) is 10.0. The molecule has 30 heavy (non-hydrogen) atoms. The van der Waals surface area contributed by atoms with E-state index >= 15 is 0 Å². The number of ether oxygens (including phenoxy) is 1. The van der Waals surface area contributed by atoms with Gasteiger partial charge in [-0.1, -0.05) is 54.1 Å². The molecule has 1 aliphatic heterocycles. The van der Waals surface area contributed by atoms with Crippen LogP contribution in [-0.2, 0) is 14.3 Å². The number of hydrogen-bond donors (Lipinski definition) is 0. The third-order valence-corrected chi connectivity index (χ3v) is 6.58. The molecule has 0 aromatic heterocycles. The molecule has 2 amide bonds. The summed E-state index contributed by atoms with van der Waals surface area (Å²) in [5.41, 5.74) is 4.18. The summed E-state index contributed by atoms with van der Waals surface area (Å²) in [4.78, 5) is 39.9. The van der Waals surface area contributed by atoms with E-state index in [9.17, 15) is 14.4 Å². The van der Waals surface area contributed by atoms with E-state index in [0.717, 1.165) is 11.1 Å². The molecule has 2 aromatic carbocycles. The van der Waals surface area contributed by atoms with E-state index in [4.69, 9.17) is 4.74 Å². The van der Waals surface area contributed by atoms with Gasteiger partial charge in [0.2, 0.25) is 11.8 Å². The summed E-state index contributed by atoms with van der Waals surface area (Å²) in [5.74, 6) is -1.78. The molecule has 3 aliphatic rings. The van der Waals surface area contributed by atoms with Gasteiger partial charge in [-0.15, -0.1) is 0 Å². The lowest BCUT2D eigenvalue weighted by molar-refractivity contribution is -0.122. The Morgan fingerprint density at radius 1 is 0.867 bits per heavy atom. The van der Waals surface area contributed by atoms with Gasteiger partial charge in [0.15, 0.2) is 0 Å². The lowest BCUT2D eigenvalue weighted by Gasteiger charge is -2.20. The molecule has 2 bridgehead atoms. The van der Waals surface area contributed by atoms with Crippen LogP contribution in [-0.4, -0.2) is 24.9 Å². The largest absolute Gasteiger partial charge is 0.465 e. The topological polar surface area (TPSA) is 63.7 Å². The van der Waals surface area contributed by atoms with Crippen molar-refractivity contribution in [2.24, 2.45) is 23.7 Å². The number of nitrogens with zero attached hydrogens (tertiary/aromatic N) is 1. The molecule has 4 atom stereocenters. The van der Waals surface area contributed by atoms with Gasteiger partial charge < -0.3 is 4.74 Å². The standard InChI is InChI=1S/C25H21NO4/c1-14(15-7-4-3-5-8-15)20-18-11-12-19(20)22-21(18)23(27)26(24(22)28)17-10-6-9-16(13-17)25(29)30-2/h3-13,18-19,21-22H,1-2H3/t18-,19-,21-,22-/m0/s1. The van der Waals surface area contributed by atoms with Crippen molar-refractivity contribution in [1.29, 1.82) is 0 Å². The lowest BCUT2D eigenvalue weighted by atomic mass is 9.85. The van der Waals surface area contributed by atoms with Crippen molar-refractivity contribution in [3.8, 4) is 0 Å². The summed E-state index contributed by atoms with van der Waals surface area (Å²) in [6.07, 6.45) is 4.15. The number of amides is 2. The third kappa shape index (κ3) is 2.51. The van der Waals surface area contributed by atoms with Crippen LogP contribution in [0.4, 0.5) is 5.69 Å². The molecule has 0 spiro atoms. The second-order valence-electron chi connectivity index (χ2n) is 7.99. The molecule has 0 unspecified atom stereocenters. The molecule has 1 heterocycles. The van der Waals surface area contributed by atoms with Crippen molar-refractivity contribution in [3.05, 3.63) is 83.4 Å². The highest BCUT2D eigenvalue weighted by Gasteiger charge is 2.62. The Morgan fingerprint density at radius 2 is 1.47 bits per heavy atom. The number of allylic oxidation sites excluding steroid dienone is 4. The molecule has 5 heteroatoms.